The Kier molecular flexibility index (Phi) is 6.13. The highest BCUT2D eigenvalue weighted by Gasteiger charge is 2.10. The van der Waals surface area contributed by atoms with E-state index in [2.05, 4.69) is 26.1 Å². The predicted octanol–water partition coefficient (Wildman–Crippen LogP) is 3.40. The number of rotatable bonds is 7. The Morgan fingerprint density at radius 2 is 2.06 bits per heavy atom. The third-order valence-corrected chi connectivity index (χ3v) is 3.13. The predicted molar refractivity (Wildman–Crippen MR) is 73.6 cm³/mol. The number of halogens is 1. The summed E-state index contributed by atoms with van der Waals surface area (Å²) in [6, 6.07) is 5.72. The lowest BCUT2D eigenvalue weighted by molar-refractivity contribution is 0.385. The molecule has 0 amide bonds. The lowest BCUT2D eigenvalue weighted by atomic mass is 9.96. The Hall–Kier alpha value is -1.09. The van der Waals surface area contributed by atoms with Gasteiger partial charge in [0, 0.05) is 6.04 Å². The van der Waals surface area contributed by atoms with E-state index in [-0.39, 0.29) is 5.82 Å². The van der Waals surface area contributed by atoms with Gasteiger partial charge < -0.3 is 10.1 Å². The van der Waals surface area contributed by atoms with Crippen LogP contribution in [0.1, 0.15) is 32.8 Å². The van der Waals surface area contributed by atoms with Crippen molar-refractivity contribution in [2.75, 3.05) is 13.7 Å². The van der Waals surface area contributed by atoms with E-state index < -0.39 is 0 Å². The Labute approximate surface area is 110 Å². The van der Waals surface area contributed by atoms with Crippen LogP contribution in [0.5, 0.6) is 5.75 Å². The van der Waals surface area contributed by atoms with Gasteiger partial charge in [-0.15, -0.1) is 0 Å². The first-order valence-electron chi connectivity index (χ1n) is 6.62. The van der Waals surface area contributed by atoms with Crippen LogP contribution in [-0.2, 0) is 6.42 Å². The monoisotopic (exact) mass is 253 g/mol. The number of ether oxygens (including phenoxy) is 1. The molecule has 0 heterocycles. The normalized spacial score (nSPS) is 12.8. The molecule has 0 radical (unpaired) electrons. The standard InChI is InChI=1S/C15H24FNO/c1-5-12(10-17-11(2)3)8-13-6-7-15(18-4)14(16)9-13/h6-7,9,11-12,17H,5,8,10H2,1-4H3. The molecule has 18 heavy (non-hydrogen) atoms. The van der Waals surface area contributed by atoms with Gasteiger partial charge in [-0.25, -0.2) is 4.39 Å². The molecular formula is C15H24FNO. The fraction of sp³-hybridized carbons (Fsp3) is 0.600. The highest BCUT2D eigenvalue weighted by atomic mass is 19.1. The van der Waals surface area contributed by atoms with Gasteiger partial charge in [-0.3, -0.25) is 0 Å². The SMILES string of the molecule is CCC(CNC(C)C)Cc1ccc(OC)c(F)c1. The van der Waals surface area contributed by atoms with Crippen molar-refractivity contribution < 1.29 is 9.13 Å². The summed E-state index contributed by atoms with van der Waals surface area (Å²) in [7, 11) is 1.49. The van der Waals surface area contributed by atoms with E-state index >= 15 is 0 Å². The van der Waals surface area contributed by atoms with E-state index in [1.54, 1.807) is 12.1 Å². The molecule has 1 N–H and O–H groups in total. The van der Waals surface area contributed by atoms with Crippen LogP contribution >= 0.6 is 0 Å². The van der Waals surface area contributed by atoms with Gasteiger partial charge in [-0.2, -0.15) is 0 Å². The summed E-state index contributed by atoms with van der Waals surface area (Å²) >= 11 is 0. The zero-order valence-electron chi connectivity index (χ0n) is 11.8. The molecule has 0 aliphatic heterocycles. The second-order valence-electron chi connectivity index (χ2n) is 5.01. The van der Waals surface area contributed by atoms with Crippen LogP contribution < -0.4 is 10.1 Å². The smallest absolute Gasteiger partial charge is 0.165 e. The van der Waals surface area contributed by atoms with Crippen LogP contribution in [-0.4, -0.2) is 19.7 Å². The van der Waals surface area contributed by atoms with Gasteiger partial charge in [0.2, 0.25) is 0 Å². The molecule has 1 unspecified atom stereocenters. The first kappa shape index (κ1) is 15.0. The van der Waals surface area contributed by atoms with Crippen LogP contribution in [0, 0.1) is 11.7 Å². The van der Waals surface area contributed by atoms with Crippen LogP contribution in [0.15, 0.2) is 18.2 Å². The Morgan fingerprint density at radius 1 is 1.33 bits per heavy atom. The summed E-state index contributed by atoms with van der Waals surface area (Å²) in [5.41, 5.74) is 1.03. The van der Waals surface area contributed by atoms with Gasteiger partial charge in [0.1, 0.15) is 0 Å². The van der Waals surface area contributed by atoms with Crippen molar-refractivity contribution in [1.29, 1.82) is 0 Å². The summed E-state index contributed by atoms with van der Waals surface area (Å²) < 4.78 is 18.5. The summed E-state index contributed by atoms with van der Waals surface area (Å²) in [6.45, 7) is 7.42. The van der Waals surface area contributed by atoms with Crippen LogP contribution in [0.25, 0.3) is 0 Å². The van der Waals surface area contributed by atoms with E-state index in [9.17, 15) is 4.39 Å². The molecule has 1 aromatic carbocycles. The van der Waals surface area contributed by atoms with Crippen molar-refractivity contribution >= 4 is 0 Å². The maximum absolute atomic E-state index is 13.6. The van der Waals surface area contributed by atoms with Gasteiger partial charge in [0.05, 0.1) is 7.11 Å². The molecule has 1 aromatic rings. The first-order chi connectivity index (χ1) is 8.56. The van der Waals surface area contributed by atoms with Crippen LogP contribution in [0.2, 0.25) is 0 Å². The quantitative estimate of drug-likeness (QED) is 0.804. The lowest BCUT2D eigenvalue weighted by Crippen LogP contribution is -2.29. The zero-order chi connectivity index (χ0) is 13.5. The lowest BCUT2D eigenvalue weighted by Gasteiger charge is -2.18. The van der Waals surface area contributed by atoms with E-state index in [1.807, 2.05) is 6.07 Å². The summed E-state index contributed by atoms with van der Waals surface area (Å²) in [5, 5.41) is 3.44. The number of methoxy groups -OCH3 is 1. The molecule has 0 aromatic heterocycles. The number of hydrogen-bond acceptors (Lipinski definition) is 2. The highest BCUT2D eigenvalue weighted by Crippen LogP contribution is 2.20. The minimum absolute atomic E-state index is 0.276. The highest BCUT2D eigenvalue weighted by molar-refractivity contribution is 5.29. The summed E-state index contributed by atoms with van der Waals surface area (Å²) in [5.74, 6) is 0.578. The number of hydrogen-bond donors (Lipinski definition) is 1. The molecule has 2 nitrogen and oxygen atoms in total. The molecule has 0 saturated heterocycles. The second-order valence-corrected chi connectivity index (χ2v) is 5.01. The Bertz CT molecular complexity index is 366. The van der Waals surface area contributed by atoms with Crippen LogP contribution in [0.3, 0.4) is 0 Å². The van der Waals surface area contributed by atoms with Gasteiger partial charge in [0.25, 0.3) is 0 Å². The molecule has 0 spiro atoms. The third kappa shape index (κ3) is 4.65. The van der Waals surface area contributed by atoms with Gasteiger partial charge in [-0.1, -0.05) is 33.3 Å². The van der Waals surface area contributed by atoms with Crippen molar-refractivity contribution in [2.45, 2.75) is 39.7 Å². The number of nitrogens with one attached hydrogen (secondary N) is 1. The third-order valence-electron chi connectivity index (χ3n) is 3.13. The van der Waals surface area contributed by atoms with E-state index in [0.717, 1.165) is 24.9 Å². The molecule has 1 rings (SSSR count). The Morgan fingerprint density at radius 3 is 2.56 bits per heavy atom. The molecule has 0 aliphatic rings. The Balaban J connectivity index is 2.61. The van der Waals surface area contributed by atoms with Crippen molar-refractivity contribution in [1.82, 2.24) is 5.32 Å². The van der Waals surface area contributed by atoms with Crippen molar-refractivity contribution in [3.05, 3.63) is 29.6 Å². The molecule has 0 bridgehead atoms. The molecular weight excluding hydrogens is 229 g/mol. The van der Waals surface area contributed by atoms with Crippen molar-refractivity contribution in [3.63, 3.8) is 0 Å². The first-order valence-corrected chi connectivity index (χ1v) is 6.62. The zero-order valence-corrected chi connectivity index (χ0v) is 11.8. The van der Waals surface area contributed by atoms with Gasteiger partial charge in [-0.05, 0) is 36.6 Å². The molecule has 0 aliphatic carbocycles. The molecule has 102 valence electrons. The average Bonchev–Trinajstić information content (AvgIpc) is 2.34. The van der Waals surface area contributed by atoms with Gasteiger partial charge >= 0.3 is 0 Å². The fourth-order valence-electron chi connectivity index (χ4n) is 1.93. The molecule has 3 heteroatoms. The topological polar surface area (TPSA) is 21.3 Å². The van der Waals surface area contributed by atoms with E-state index in [4.69, 9.17) is 4.74 Å². The van der Waals surface area contributed by atoms with E-state index in [1.165, 1.54) is 7.11 Å². The average molecular weight is 253 g/mol. The second kappa shape index (κ2) is 7.37. The van der Waals surface area contributed by atoms with Crippen molar-refractivity contribution in [3.8, 4) is 5.75 Å². The fourth-order valence-corrected chi connectivity index (χ4v) is 1.93. The maximum Gasteiger partial charge on any atom is 0.165 e. The number of benzene rings is 1. The van der Waals surface area contributed by atoms with Crippen molar-refractivity contribution in [2.24, 2.45) is 5.92 Å². The largest absolute Gasteiger partial charge is 0.494 e. The summed E-state index contributed by atoms with van der Waals surface area (Å²) in [4.78, 5) is 0. The molecule has 0 fully saturated rings. The summed E-state index contributed by atoms with van der Waals surface area (Å²) in [6.07, 6.45) is 1.99. The molecule has 1 atom stereocenters. The minimum Gasteiger partial charge on any atom is -0.494 e. The maximum atomic E-state index is 13.6. The molecule has 0 saturated carbocycles. The van der Waals surface area contributed by atoms with E-state index in [0.29, 0.717) is 17.7 Å². The van der Waals surface area contributed by atoms with Gasteiger partial charge in [0.15, 0.2) is 11.6 Å². The minimum atomic E-state index is -0.276. The van der Waals surface area contributed by atoms with Crippen LogP contribution in [0.4, 0.5) is 4.39 Å².